The molecule has 0 aliphatic carbocycles. The first-order valence-electron chi connectivity index (χ1n) is 8.93. The van der Waals surface area contributed by atoms with E-state index in [0.717, 1.165) is 5.01 Å². The van der Waals surface area contributed by atoms with Gasteiger partial charge in [-0.2, -0.15) is 0 Å². The minimum absolute atomic E-state index is 0.0359. The maximum Gasteiger partial charge on any atom is 0.275 e. The molecule has 0 radical (unpaired) electrons. The minimum Gasteiger partial charge on any atom is -0.486 e. The quantitative estimate of drug-likeness (QED) is 0.790. The number of nitrogens with zero attached hydrogens (tertiary/aromatic N) is 1. The van der Waals surface area contributed by atoms with Crippen molar-refractivity contribution < 1.29 is 19.1 Å². The average molecular weight is 389 g/mol. The number of amides is 2. The van der Waals surface area contributed by atoms with Crippen molar-refractivity contribution in [3.63, 3.8) is 0 Å². The fourth-order valence-corrected chi connectivity index (χ4v) is 3.66. The van der Waals surface area contributed by atoms with E-state index in [1.54, 1.807) is 30.5 Å². The molecule has 0 saturated carbocycles. The third kappa shape index (κ3) is 4.57. The van der Waals surface area contributed by atoms with Gasteiger partial charge in [-0.1, -0.05) is 20.8 Å². The molecule has 2 aromatic rings. The average Bonchev–Trinajstić information content (AvgIpc) is 3.15. The van der Waals surface area contributed by atoms with E-state index in [1.165, 1.54) is 11.3 Å². The number of hydrogen-bond acceptors (Lipinski definition) is 6. The number of nitrogens with one attached hydrogen (secondary N) is 2. The lowest BCUT2D eigenvalue weighted by molar-refractivity contribution is -0.121. The molecule has 0 bridgehead atoms. The van der Waals surface area contributed by atoms with Crippen molar-refractivity contribution in [2.45, 2.75) is 33.2 Å². The Morgan fingerprint density at radius 2 is 1.96 bits per heavy atom. The first kappa shape index (κ1) is 19.2. The van der Waals surface area contributed by atoms with E-state index in [-0.39, 0.29) is 23.8 Å². The van der Waals surface area contributed by atoms with Gasteiger partial charge in [0.2, 0.25) is 5.91 Å². The van der Waals surface area contributed by atoms with Crippen LogP contribution in [0.25, 0.3) is 0 Å². The van der Waals surface area contributed by atoms with Crippen LogP contribution in [-0.4, -0.2) is 30.0 Å². The Kier molecular flexibility index (Phi) is 5.95. The standard InChI is InChI=1S/C19H23N3O4S/c1-4-16(23)22-17(11(2)3)19-21-13(10-27-19)18(24)20-12-5-6-14-15(9-12)26-8-7-25-14/h5-6,9-11,17H,4,7-8H2,1-3H3,(H,20,24)(H,22,23)/t17-/m1/s1. The zero-order chi connectivity index (χ0) is 19.4. The molecule has 3 rings (SSSR count). The van der Waals surface area contributed by atoms with Gasteiger partial charge in [0.15, 0.2) is 11.5 Å². The van der Waals surface area contributed by atoms with E-state index in [4.69, 9.17) is 9.47 Å². The molecule has 0 fully saturated rings. The van der Waals surface area contributed by atoms with Gasteiger partial charge in [-0.3, -0.25) is 9.59 Å². The van der Waals surface area contributed by atoms with Crippen molar-refractivity contribution in [2.24, 2.45) is 5.92 Å². The number of carbonyl (C=O) groups excluding carboxylic acids is 2. The SMILES string of the molecule is CCC(=O)N[C@@H](c1nc(C(=O)Nc2ccc3c(c2)OCCO3)cs1)C(C)C. The molecule has 27 heavy (non-hydrogen) atoms. The van der Waals surface area contributed by atoms with Crippen LogP contribution in [-0.2, 0) is 4.79 Å². The molecule has 1 aliphatic heterocycles. The Morgan fingerprint density at radius 3 is 2.67 bits per heavy atom. The maximum atomic E-state index is 12.5. The predicted molar refractivity (Wildman–Crippen MR) is 104 cm³/mol. The Bertz CT molecular complexity index is 834. The van der Waals surface area contributed by atoms with Crippen LogP contribution >= 0.6 is 11.3 Å². The molecule has 1 aromatic heterocycles. The van der Waals surface area contributed by atoms with Crippen LogP contribution < -0.4 is 20.1 Å². The second-order valence-corrected chi connectivity index (χ2v) is 7.42. The topological polar surface area (TPSA) is 89.6 Å². The van der Waals surface area contributed by atoms with Crippen LogP contribution in [0.15, 0.2) is 23.6 Å². The number of ether oxygens (including phenoxy) is 2. The fourth-order valence-electron chi connectivity index (χ4n) is 2.64. The number of rotatable bonds is 6. The van der Waals surface area contributed by atoms with Crippen molar-refractivity contribution in [2.75, 3.05) is 18.5 Å². The van der Waals surface area contributed by atoms with Crippen molar-refractivity contribution in [3.8, 4) is 11.5 Å². The van der Waals surface area contributed by atoms with Gasteiger partial charge in [0.1, 0.15) is 23.9 Å². The summed E-state index contributed by atoms with van der Waals surface area (Å²) in [5.74, 6) is 1.10. The predicted octanol–water partition coefficient (Wildman–Crippen LogP) is 3.39. The second kappa shape index (κ2) is 8.39. The molecule has 0 saturated heterocycles. The smallest absolute Gasteiger partial charge is 0.275 e. The van der Waals surface area contributed by atoms with E-state index in [2.05, 4.69) is 15.6 Å². The summed E-state index contributed by atoms with van der Waals surface area (Å²) in [6.45, 7) is 6.83. The first-order chi connectivity index (χ1) is 13.0. The Morgan fingerprint density at radius 1 is 1.22 bits per heavy atom. The van der Waals surface area contributed by atoms with Crippen molar-refractivity contribution >= 4 is 28.8 Å². The fraction of sp³-hybridized carbons (Fsp3) is 0.421. The van der Waals surface area contributed by atoms with E-state index < -0.39 is 0 Å². The molecule has 1 aromatic carbocycles. The van der Waals surface area contributed by atoms with Crippen LogP contribution in [0, 0.1) is 5.92 Å². The molecule has 0 unspecified atom stereocenters. The summed E-state index contributed by atoms with van der Waals surface area (Å²) < 4.78 is 11.0. The van der Waals surface area contributed by atoms with Crippen LogP contribution in [0.1, 0.15) is 48.7 Å². The summed E-state index contributed by atoms with van der Waals surface area (Å²) in [4.78, 5) is 28.7. The van der Waals surface area contributed by atoms with Gasteiger partial charge in [0.05, 0.1) is 6.04 Å². The van der Waals surface area contributed by atoms with Crippen molar-refractivity contribution in [1.29, 1.82) is 0 Å². The molecule has 2 amide bonds. The van der Waals surface area contributed by atoms with Crippen molar-refractivity contribution in [3.05, 3.63) is 34.3 Å². The molecule has 2 N–H and O–H groups in total. The summed E-state index contributed by atoms with van der Waals surface area (Å²) in [6.07, 6.45) is 0.409. The van der Waals surface area contributed by atoms with Gasteiger partial charge < -0.3 is 20.1 Å². The molecule has 0 spiro atoms. The number of fused-ring (bicyclic) bond motifs is 1. The van der Waals surface area contributed by atoms with E-state index >= 15 is 0 Å². The van der Waals surface area contributed by atoms with Gasteiger partial charge in [0, 0.05) is 23.6 Å². The lowest BCUT2D eigenvalue weighted by atomic mass is 10.1. The third-order valence-corrected chi connectivity index (χ3v) is 5.05. The largest absolute Gasteiger partial charge is 0.486 e. The highest BCUT2D eigenvalue weighted by molar-refractivity contribution is 7.10. The monoisotopic (exact) mass is 389 g/mol. The molecule has 8 heteroatoms. The van der Waals surface area contributed by atoms with E-state index in [0.29, 0.717) is 42.5 Å². The Hall–Kier alpha value is -2.61. The highest BCUT2D eigenvalue weighted by Crippen LogP contribution is 2.33. The van der Waals surface area contributed by atoms with E-state index in [9.17, 15) is 9.59 Å². The summed E-state index contributed by atoms with van der Waals surface area (Å²) in [6, 6.07) is 5.05. The van der Waals surface area contributed by atoms with E-state index in [1.807, 2.05) is 13.8 Å². The molecule has 144 valence electrons. The molecule has 2 heterocycles. The Labute approximate surface area is 162 Å². The Balaban J connectivity index is 1.71. The van der Waals surface area contributed by atoms with Gasteiger partial charge in [-0.05, 0) is 18.1 Å². The molecule has 1 aliphatic rings. The van der Waals surface area contributed by atoms with Gasteiger partial charge in [0.25, 0.3) is 5.91 Å². The summed E-state index contributed by atoms with van der Waals surface area (Å²) in [5, 5.41) is 8.22. The first-order valence-corrected chi connectivity index (χ1v) is 9.81. The third-order valence-electron chi connectivity index (χ3n) is 4.12. The molecular formula is C19H23N3O4S. The number of aromatic nitrogens is 1. The number of benzene rings is 1. The number of thiazole rings is 1. The zero-order valence-electron chi connectivity index (χ0n) is 15.6. The molecular weight excluding hydrogens is 366 g/mol. The van der Waals surface area contributed by atoms with Crippen LogP contribution in [0.4, 0.5) is 5.69 Å². The maximum absolute atomic E-state index is 12.5. The highest BCUT2D eigenvalue weighted by Gasteiger charge is 2.23. The van der Waals surface area contributed by atoms with Crippen molar-refractivity contribution in [1.82, 2.24) is 10.3 Å². The number of hydrogen-bond donors (Lipinski definition) is 2. The molecule has 7 nitrogen and oxygen atoms in total. The van der Waals surface area contributed by atoms with Crippen LogP contribution in [0.3, 0.4) is 0 Å². The summed E-state index contributed by atoms with van der Waals surface area (Å²) in [7, 11) is 0. The minimum atomic E-state index is -0.307. The van der Waals surface area contributed by atoms with Crippen LogP contribution in [0.2, 0.25) is 0 Å². The summed E-state index contributed by atoms with van der Waals surface area (Å²) >= 11 is 1.37. The number of carbonyl (C=O) groups is 2. The highest BCUT2D eigenvalue weighted by atomic mass is 32.1. The number of anilines is 1. The van der Waals surface area contributed by atoms with Gasteiger partial charge in [-0.15, -0.1) is 11.3 Å². The second-order valence-electron chi connectivity index (χ2n) is 6.53. The van der Waals surface area contributed by atoms with Gasteiger partial charge >= 0.3 is 0 Å². The lowest BCUT2D eigenvalue weighted by Gasteiger charge is -2.19. The lowest BCUT2D eigenvalue weighted by Crippen LogP contribution is -2.31. The summed E-state index contributed by atoms with van der Waals surface area (Å²) in [5.41, 5.74) is 0.930. The van der Waals surface area contributed by atoms with Crippen LogP contribution in [0.5, 0.6) is 11.5 Å². The molecule has 1 atom stereocenters. The normalized spacial score (nSPS) is 13.9. The zero-order valence-corrected chi connectivity index (χ0v) is 16.4. The van der Waals surface area contributed by atoms with Gasteiger partial charge in [-0.25, -0.2) is 4.98 Å².